The molecule has 9 nitrogen and oxygen atoms in total. The smallest absolute Gasteiger partial charge is 0.306 e. The summed E-state index contributed by atoms with van der Waals surface area (Å²) in [5, 5.41) is 11.7. The van der Waals surface area contributed by atoms with Gasteiger partial charge in [0.15, 0.2) is 12.4 Å². The summed E-state index contributed by atoms with van der Waals surface area (Å²) in [5.74, 6) is -2.33. The van der Waals surface area contributed by atoms with Gasteiger partial charge in [-0.1, -0.05) is 163 Å². The molecule has 63 heavy (non-hydrogen) atoms. The first kappa shape index (κ1) is 59.5. The van der Waals surface area contributed by atoms with Crippen LogP contribution in [-0.2, 0) is 33.3 Å². The second-order valence-electron chi connectivity index (χ2n) is 17.4. The molecule has 2 unspecified atom stereocenters. The zero-order valence-corrected chi connectivity index (χ0v) is 40.7. The number of unbranched alkanes of at least 4 members (excludes halogenated alkanes) is 15. The Morgan fingerprint density at radius 3 is 1.35 bits per heavy atom. The minimum absolute atomic E-state index is 0.138. The lowest BCUT2D eigenvalue weighted by Crippen LogP contribution is -2.44. The fourth-order valence-corrected chi connectivity index (χ4v) is 6.30. The van der Waals surface area contributed by atoms with Crippen molar-refractivity contribution in [2.24, 2.45) is 0 Å². The second-order valence-corrected chi connectivity index (χ2v) is 17.4. The first-order valence-corrected chi connectivity index (χ1v) is 24.7. The van der Waals surface area contributed by atoms with Crippen LogP contribution in [0.4, 0.5) is 0 Å². The zero-order chi connectivity index (χ0) is 46.3. The van der Waals surface area contributed by atoms with Gasteiger partial charge in [0.05, 0.1) is 40.3 Å². The predicted octanol–water partition coefficient (Wildman–Crippen LogP) is 12.3. The highest BCUT2D eigenvalue weighted by molar-refractivity contribution is 5.70. The van der Waals surface area contributed by atoms with Gasteiger partial charge in [-0.25, -0.2) is 0 Å². The molecule has 0 saturated carbocycles. The Hall–Kier alpha value is -3.53. The van der Waals surface area contributed by atoms with Gasteiger partial charge >= 0.3 is 11.9 Å². The van der Waals surface area contributed by atoms with Gasteiger partial charge in [-0.15, -0.1) is 0 Å². The predicted molar refractivity (Wildman–Crippen MR) is 260 cm³/mol. The quantitative estimate of drug-likeness (QED) is 0.0196. The summed E-state index contributed by atoms with van der Waals surface area (Å²) in [6.45, 7) is 4.55. The van der Waals surface area contributed by atoms with E-state index in [1.807, 2.05) is 21.1 Å². The highest BCUT2D eigenvalue weighted by Gasteiger charge is 2.21. The average Bonchev–Trinajstić information content (AvgIpc) is 3.24. The van der Waals surface area contributed by atoms with Crippen LogP contribution in [0.15, 0.2) is 85.1 Å². The summed E-state index contributed by atoms with van der Waals surface area (Å²) in [5.41, 5.74) is 0. The van der Waals surface area contributed by atoms with Crippen LogP contribution < -0.4 is 5.11 Å². The normalized spacial score (nSPS) is 13.6. The van der Waals surface area contributed by atoms with Crippen LogP contribution in [-0.4, -0.2) is 82.3 Å². The van der Waals surface area contributed by atoms with Gasteiger partial charge in [0.2, 0.25) is 0 Å². The van der Waals surface area contributed by atoms with Crippen LogP contribution in [0.3, 0.4) is 0 Å². The molecule has 0 aromatic rings. The van der Waals surface area contributed by atoms with Crippen molar-refractivity contribution in [3.63, 3.8) is 0 Å². The Kier molecular flexibility index (Phi) is 42.5. The van der Waals surface area contributed by atoms with E-state index in [0.29, 0.717) is 17.4 Å². The Morgan fingerprint density at radius 2 is 0.905 bits per heavy atom. The molecule has 0 radical (unpaired) electrons. The van der Waals surface area contributed by atoms with Crippen LogP contribution in [0.1, 0.15) is 181 Å². The van der Waals surface area contributed by atoms with Crippen molar-refractivity contribution < 1.29 is 42.9 Å². The molecule has 0 N–H and O–H groups in total. The summed E-state index contributed by atoms with van der Waals surface area (Å²) in [7, 11) is 5.90. The molecule has 0 aromatic carbocycles. The molecule has 0 rings (SSSR count). The third-order valence-corrected chi connectivity index (χ3v) is 10.1. The summed E-state index contributed by atoms with van der Waals surface area (Å²) < 4.78 is 22.6. The minimum Gasteiger partial charge on any atom is -0.545 e. The van der Waals surface area contributed by atoms with Crippen LogP contribution in [0.5, 0.6) is 0 Å². The highest BCUT2D eigenvalue weighted by Crippen LogP contribution is 2.13. The molecule has 0 fully saturated rings. The SMILES string of the molecule is CC/C=C\C/C=C\C/C=C\C/C=C\C/C=C\CCCCCCCCCC(=O)OC(COC(=O)CCCCCCC/C=C\C/C=C\CCCCC)COC(OCC[N+](C)(C)C)C(=O)[O-]. The van der Waals surface area contributed by atoms with Crippen molar-refractivity contribution in [2.45, 2.75) is 193 Å². The number of hydrogen-bond acceptors (Lipinski definition) is 8. The summed E-state index contributed by atoms with van der Waals surface area (Å²) in [4.78, 5) is 37.1. The maximum Gasteiger partial charge on any atom is 0.306 e. The number of quaternary nitrogens is 1. The molecule has 0 bridgehead atoms. The van der Waals surface area contributed by atoms with Crippen molar-refractivity contribution in [1.82, 2.24) is 0 Å². The van der Waals surface area contributed by atoms with Crippen molar-refractivity contribution >= 4 is 17.9 Å². The molecule has 0 spiro atoms. The van der Waals surface area contributed by atoms with Gasteiger partial charge in [0.1, 0.15) is 13.2 Å². The number of esters is 2. The Bertz CT molecular complexity index is 1300. The fourth-order valence-electron chi connectivity index (χ4n) is 6.30. The lowest BCUT2D eigenvalue weighted by atomic mass is 10.1. The van der Waals surface area contributed by atoms with E-state index in [2.05, 4.69) is 98.9 Å². The maximum absolute atomic E-state index is 12.8. The molecule has 0 aliphatic rings. The second kappa shape index (κ2) is 45.1. The third kappa shape index (κ3) is 46.3. The number of carboxylic acids is 1. The van der Waals surface area contributed by atoms with Crippen LogP contribution in [0.2, 0.25) is 0 Å². The molecular formula is C54H91NO8. The minimum atomic E-state index is -1.63. The first-order valence-electron chi connectivity index (χ1n) is 24.7. The van der Waals surface area contributed by atoms with E-state index in [0.717, 1.165) is 103 Å². The van der Waals surface area contributed by atoms with Crippen molar-refractivity contribution in [2.75, 3.05) is 47.5 Å². The van der Waals surface area contributed by atoms with E-state index in [9.17, 15) is 19.5 Å². The molecule has 0 amide bonds. The van der Waals surface area contributed by atoms with Gasteiger partial charge in [-0.05, 0) is 89.9 Å². The van der Waals surface area contributed by atoms with Gasteiger partial charge < -0.3 is 33.3 Å². The monoisotopic (exact) mass is 882 g/mol. The molecular weight excluding hydrogens is 791 g/mol. The largest absolute Gasteiger partial charge is 0.545 e. The van der Waals surface area contributed by atoms with Gasteiger partial charge in [0, 0.05) is 12.8 Å². The van der Waals surface area contributed by atoms with Crippen LogP contribution in [0.25, 0.3) is 0 Å². The summed E-state index contributed by atoms with van der Waals surface area (Å²) in [6.07, 6.45) is 54.7. The summed E-state index contributed by atoms with van der Waals surface area (Å²) >= 11 is 0. The number of ether oxygens (including phenoxy) is 4. The van der Waals surface area contributed by atoms with E-state index < -0.39 is 24.3 Å². The fraction of sp³-hybridized carbons (Fsp3) is 0.685. The van der Waals surface area contributed by atoms with Crippen LogP contribution in [0, 0.1) is 0 Å². The molecule has 0 saturated heterocycles. The van der Waals surface area contributed by atoms with Gasteiger partial charge in [-0.2, -0.15) is 0 Å². The summed E-state index contributed by atoms with van der Waals surface area (Å²) in [6, 6.07) is 0. The third-order valence-electron chi connectivity index (χ3n) is 10.1. The number of carbonyl (C=O) groups is 3. The molecule has 0 aromatic heterocycles. The van der Waals surface area contributed by atoms with Crippen LogP contribution >= 0.6 is 0 Å². The Balaban J connectivity index is 4.42. The number of carbonyl (C=O) groups excluding carboxylic acids is 3. The van der Waals surface area contributed by atoms with Crippen molar-refractivity contribution in [1.29, 1.82) is 0 Å². The van der Waals surface area contributed by atoms with E-state index >= 15 is 0 Å². The Morgan fingerprint density at radius 1 is 0.492 bits per heavy atom. The number of carboxylic acid groups (broad SMARTS) is 1. The highest BCUT2D eigenvalue weighted by atomic mass is 16.7. The van der Waals surface area contributed by atoms with E-state index in [1.165, 1.54) is 44.9 Å². The van der Waals surface area contributed by atoms with E-state index in [1.54, 1.807) is 0 Å². The Labute approximate surface area is 385 Å². The molecule has 0 heterocycles. The lowest BCUT2D eigenvalue weighted by Gasteiger charge is -2.26. The van der Waals surface area contributed by atoms with Gasteiger partial charge in [-0.3, -0.25) is 9.59 Å². The molecule has 2 atom stereocenters. The van der Waals surface area contributed by atoms with Gasteiger partial charge in [0.25, 0.3) is 0 Å². The van der Waals surface area contributed by atoms with E-state index in [-0.39, 0.29) is 38.6 Å². The number of hydrogen-bond donors (Lipinski definition) is 0. The molecule has 360 valence electrons. The number of rotatable bonds is 44. The maximum atomic E-state index is 12.8. The van der Waals surface area contributed by atoms with Crippen molar-refractivity contribution in [3.8, 4) is 0 Å². The lowest BCUT2D eigenvalue weighted by molar-refractivity contribution is -0.870. The van der Waals surface area contributed by atoms with Crippen molar-refractivity contribution in [3.05, 3.63) is 85.1 Å². The number of likely N-dealkylation sites (N-methyl/N-ethyl adjacent to an activating group) is 1. The average molecular weight is 882 g/mol. The zero-order valence-electron chi connectivity index (χ0n) is 40.7. The number of nitrogens with zero attached hydrogens (tertiary/aromatic N) is 1. The number of aliphatic carboxylic acids is 1. The molecule has 0 aliphatic carbocycles. The first-order chi connectivity index (χ1) is 30.6. The molecule has 0 aliphatic heterocycles. The topological polar surface area (TPSA) is 111 Å². The van der Waals surface area contributed by atoms with E-state index in [4.69, 9.17) is 18.9 Å². The number of allylic oxidation sites excluding steroid dienone is 14. The standard InChI is InChI=1S/C54H91NO8/c1-6-8-10-12-14-16-18-20-22-23-24-25-26-27-28-29-31-33-35-37-39-41-43-45-52(57)63-50(49-62-54(53(58)59)60-47-46-55(3,4)5)48-61-51(56)44-42-40-38-36-34-32-30-21-19-17-15-13-11-9-7-2/h8,10,14-17,20-22,24-25,27-28,30,50,54H,6-7,9,11-13,18-19,23,26,29,31-49H2,1-5H3/b10-8-,16-14-,17-15-,22-20-,25-24-,28-27-,30-21-. The molecule has 9 heteroatoms.